The smallest absolute Gasteiger partial charge is 0.234 e. The first-order valence-electron chi connectivity index (χ1n) is 9.88. The second-order valence-electron chi connectivity index (χ2n) is 7.91. The molecule has 2 aliphatic rings. The van der Waals surface area contributed by atoms with Crippen LogP contribution in [-0.4, -0.2) is 44.0 Å². The van der Waals surface area contributed by atoms with Crippen molar-refractivity contribution in [2.45, 2.75) is 45.1 Å². The van der Waals surface area contributed by atoms with Crippen molar-refractivity contribution in [3.05, 3.63) is 35.4 Å². The molecule has 4 heteroatoms. The van der Waals surface area contributed by atoms with Gasteiger partial charge in [-0.15, -0.1) is 0 Å². The largest absolute Gasteiger partial charge is 0.348 e. The first kappa shape index (κ1) is 18.4. The maximum absolute atomic E-state index is 12.6. The second kappa shape index (κ2) is 8.81. The van der Waals surface area contributed by atoms with Gasteiger partial charge in [-0.1, -0.05) is 29.8 Å². The highest BCUT2D eigenvalue weighted by Gasteiger charge is 2.33. The number of hydrogen-bond donors (Lipinski definition) is 2. The number of carbonyl (C=O) groups excluding carboxylic acids is 1. The maximum atomic E-state index is 12.6. The van der Waals surface area contributed by atoms with Gasteiger partial charge in [0.15, 0.2) is 0 Å². The molecule has 1 aromatic carbocycles. The Bertz CT molecular complexity index is 545. The summed E-state index contributed by atoms with van der Waals surface area (Å²) < 4.78 is 0. The molecule has 1 aliphatic heterocycles. The van der Waals surface area contributed by atoms with Gasteiger partial charge >= 0.3 is 0 Å². The third kappa shape index (κ3) is 5.55. The highest BCUT2D eigenvalue weighted by atomic mass is 16.2. The standard InChI is InChI=1S/C21H33N3O/c1-16-3-5-18(6-4-16)21(19-7-8-19)23-20(25)15-24-13-10-17(11-14-24)9-12-22-2/h3-6,17,19,21-22H,7-15H2,1-2H3,(H,23,25). The third-order valence-electron chi connectivity index (χ3n) is 5.72. The van der Waals surface area contributed by atoms with E-state index in [2.05, 4.69) is 46.7 Å². The molecule has 2 fully saturated rings. The lowest BCUT2D eigenvalue weighted by molar-refractivity contribution is -0.123. The van der Waals surface area contributed by atoms with Crippen molar-refractivity contribution in [1.82, 2.24) is 15.5 Å². The monoisotopic (exact) mass is 343 g/mol. The maximum Gasteiger partial charge on any atom is 0.234 e. The Morgan fingerprint density at radius 2 is 1.84 bits per heavy atom. The number of nitrogens with zero attached hydrogens (tertiary/aromatic N) is 1. The molecule has 1 saturated heterocycles. The minimum Gasteiger partial charge on any atom is -0.348 e. The van der Waals surface area contributed by atoms with Gasteiger partial charge in [-0.05, 0) is 83.1 Å². The summed E-state index contributed by atoms with van der Waals surface area (Å²) in [4.78, 5) is 14.9. The number of amides is 1. The number of piperidine rings is 1. The first-order chi connectivity index (χ1) is 12.2. The minimum atomic E-state index is 0.186. The predicted molar refractivity (Wildman–Crippen MR) is 102 cm³/mol. The molecule has 1 unspecified atom stereocenters. The quantitative estimate of drug-likeness (QED) is 0.763. The van der Waals surface area contributed by atoms with Crippen molar-refractivity contribution in [3.8, 4) is 0 Å². The van der Waals surface area contributed by atoms with Crippen LogP contribution in [0.25, 0.3) is 0 Å². The normalized spacial score (nSPS) is 20.4. The van der Waals surface area contributed by atoms with Crippen LogP contribution in [0.1, 0.15) is 49.3 Å². The van der Waals surface area contributed by atoms with E-state index >= 15 is 0 Å². The van der Waals surface area contributed by atoms with Gasteiger partial charge in [0.25, 0.3) is 0 Å². The van der Waals surface area contributed by atoms with Crippen LogP contribution in [0.15, 0.2) is 24.3 Å². The van der Waals surface area contributed by atoms with Gasteiger partial charge in [0.1, 0.15) is 0 Å². The van der Waals surface area contributed by atoms with Crippen molar-refractivity contribution in [2.75, 3.05) is 33.2 Å². The molecule has 0 aromatic heterocycles. The molecular formula is C21H33N3O. The molecule has 1 saturated carbocycles. The van der Waals surface area contributed by atoms with E-state index < -0.39 is 0 Å². The average molecular weight is 344 g/mol. The molecule has 1 atom stereocenters. The van der Waals surface area contributed by atoms with Crippen molar-refractivity contribution in [3.63, 3.8) is 0 Å². The van der Waals surface area contributed by atoms with Crippen LogP contribution in [0.2, 0.25) is 0 Å². The summed E-state index contributed by atoms with van der Waals surface area (Å²) in [6.45, 7) is 5.87. The van der Waals surface area contributed by atoms with Crippen LogP contribution in [0.4, 0.5) is 0 Å². The van der Waals surface area contributed by atoms with Crippen molar-refractivity contribution in [1.29, 1.82) is 0 Å². The van der Waals surface area contributed by atoms with E-state index in [1.807, 2.05) is 7.05 Å². The average Bonchev–Trinajstić information content (AvgIpc) is 3.45. The molecule has 25 heavy (non-hydrogen) atoms. The van der Waals surface area contributed by atoms with Crippen molar-refractivity contribution < 1.29 is 4.79 Å². The lowest BCUT2D eigenvalue weighted by Crippen LogP contribution is -2.43. The van der Waals surface area contributed by atoms with Crippen LogP contribution < -0.4 is 10.6 Å². The number of carbonyl (C=O) groups is 1. The third-order valence-corrected chi connectivity index (χ3v) is 5.72. The molecular weight excluding hydrogens is 310 g/mol. The molecule has 3 rings (SSSR count). The zero-order valence-electron chi connectivity index (χ0n) is 15.8. The molecule has 1 amide bonds. The summed E-state index contributed by atoms with van der Waals surface area (Å²) in [7, 11) is 2.02. The summed E-state index contributed by atoms with van der Waals surface area (Å²) >= 11 is 0. The Labute approximate surface area is 152 Å². The fraction of sp³-hybridized carbons (Fsp3) is 0.667. The topological polar surface area (TPSA) is 44.4 Å². The molecule has 1 aliphatic carbocycles. The highest BCUT2D eigenvalue weighted by Crippen LogP contribution is 2.41. The summed E-state index contributed by atoms with van der Waals surface area (Å²) in [5, 5.41) is 6.55. The summed E-state index contributed by atoms with van der Waals surface area (Å²) in [5.41, 5.74) is 2.53. The lowest BCUT2D eigenvalue weighted by atomic mass is 9.93. The highest BCUT2D eigenvalue weighted by molar-refractivity contribution is 5.78. The SMILES string of the molecule is CNCCC1CCN(CC(=O)NC(c2ccc(C)cc2)C2CC2)CC1. The zero-order chi connectivity index (χ0) is 17.6. The van der Waals surface area contributed by atoms with Gasteiger partial charge in [0.05, 0.1) is 12.6 Å². The molecule has 138 valence electrons. The van der Waals surface area contributed by atoms with Gasteiger partial charge in [0.2, 0.25) is 5.91 Å². The second-order valence-corrected chi connectivity index (χ2v) is 7.91. The van der Waals surface area contributed by atoms with Crippen LogP contribution in [0.3, 0.4) is 0 Å². The number of likely N-dealkylation sites (tertiary alicyclic amines) is 1. The summed E-state index contributed by atoms with van der Waals surface area (Å²) in [6, 6.07) is 8.83. The summed E-state index contributed by atoms with van der Waals surface area (Å²) in [6.07, 6.45) is 6.16. The fourth-order valence-electron chi connectivity index (χ4n) is 3.88. The van der Waals surface area contributed by atoms with Crippen LogP contribution in [-0.2, 0) is 4.79 Å². The van der Waals surface area contributed by atoms with Crippen LogP contribution in [0.5, 0.6) is 0 Å². The Morgan fingerprint density at radius 3 is 2.44 bits per heavy atom. The number of hydrogen-bond acceptors (Lipinski definition) is 3. The molecule has 2 N–H and O–H groups in total. The van der Waals surface area contributed by atoms with Gasteiger partial charge in [-0.2, -0.15) is 0 Å². The van der Waals surface area contributed by atoms with E-state index in [1.165, 1.54) is 43.2 Å². The number of aryl methyl sites for hydroxylation is 1. The molecule has 4 nitrogen and oxygen atoms in total. The zero-order valence-corrected chi connectivity index (χ0v) is 15.8. The van der Waals surface area contributed by atoms with E-state index in [9.17, 15) is 4.79 Å². The fourth-order valence-corrected chi connectivity index (χ4v) is 3.88. The molecule has 0 spiro atoms. The predicted octanol–water partition coefficient (Wildman–Crippen LogP) is 2.88. The molecule has 1 aromatic rings. The van der Waals surface area contributed by atoms with Crippen molar-refractivity contribution >= 4 is 5.91 Å². The van der Waals surface area contributed by atoms with E-state index in [0.717, 1.165) is 25.6 Å². The lowest BCUT2D eigenvalue weighted by Gasteiger charge is -2.32. The Hall–Kier alpha value is -1.39. The number of nitrogens with one attached hydrogen (secondary N) is 2. The van der Waals surface area contributed by atoms with Crippen molar-refractivity contribution in [2.24, 2.45) is 11.8 Å². The molecule has 0 radical (unpaired) electrons. The Balaban J connectivity index is 1.47. The van der Waals surface area contributed by atoms with Gasteiger partial charge in [-0.3, -0.25) is 9.69 Å². The van der Waals surface area contributed by atoms with E-state index in [0.29, 0.717) is 12.5 Å². The van der Waals surface area contributed by atoms with Crippen LogP contribution >= 0.6 is 0 Å². The number of rotatable bonds is 8. The van der Waals surface area contributed by atoms with Gasteiger partial charge < -0.3 is 10.6 Å². The Morgan fingerprint density at radius 1 is 1.16 bits per heavy atom. The van der Waals surface area contributed by atoms with Crippen LogP contribution in [0, 0.1) is 18.8 Å². The Kier molecular flexibility index (Phi) is 6.49. The molecule has 1 heterocycles. The van der Waals surface area contributed by atoms with E-state index in [1.54, 1.807) is 0 Å². The van der Waals surface area contributed by atoms with E-state index in [4.69, 9.17) is 0 Å². The summed E-state index contributed by atoms with van der Waals surface area (Å²) in [5.74, 6) is 1.63. The first-order valence-corrected chi connectivity index (χ1v) is 9.88. The minimum absolute atomic E-state index is 0.186. The molecule has 0 bridgehead atoms. The van der Waals surface area contributed by atoms with E-state index in [-0.39, 0.29) is 11.9 Å². The van der Waals surface area contributed by atoms with Gasteiger partial charge in [0, 0.05) is 0 Å². The van der Waals surface area contributed by atoms with Gasteiger partial charge in [-0.25, -0.2) is 0 Å². The number of benzene rings is 1.